The van der Waals surface area contributed by atoms with Gasteiger partial charge in [-0.3, -0.25) is 0 Å². The van der Waals surface area contributed by atoms with Gasteiger partial charge < -0.3 is 0 Å². The van der Waals surface area contributed by atoms with Crippen LogP contribution in [0.4, 0.5) is 0 Å². The molecule has 0 radical (unpaired) electrons. The van der Waals surface area contributed by atoms with Crippen molar-refractivity contribution < 1.29 is 0 Å². The molecule has 1 heterocycles. The zero-order valence-electron chi connectivity index (χ0n) is 9.53. The molecular formula is C11H18N2S. The van der Waals surface area contributed by atoms with E-state index >= 15 is 0 Å². The Morgan fingerprint density at radius 2 is 1.71 bits per heavy atom. The Morgan fingerprint density at radius 3 is 2.29 bits per heavy atom. The van der Waals surface area contributed by atoms with Crippen LogP contribution in [0.15, 0.2) is 18.2 Å². The molecule has 3 heteroatoms. The molecular weight excluding hydrogens is 192 g/mol. The van der Waals surface area contributed by atoms with Crippen molar-refractivity contribution in [2.75, 3.05) is 0 Å². The van der Waals surface area contributed by atoms with Gasteiger partial charge in [-0.05, 0) is 30.1 Å². The lowest BCUT2D eigenvalue weighted by Gasteiger charge is -1.88. The lowest BCUT2D eigenvalue weighted by atomic mass is 10.2. The van der Waals surface area contributed by atoms with Crippen molar-refractivity contribution in [2.45, 2.75) is 34.6 Å². The molecule has 0 bridgehead atoms. The van der Waals surface area contributed by atoms with E-state index in [9.17, 15) is 0 Å². The summed E-state index contributed by atoms with van der Waals surface area (Å²) in [6.07, 6.45) is 0. The van der Waals surface area contributed by atoms with Crippen LogP contribution in [0, 0.1) is 6.92 Å². The van der Waals surface area contributed by atoms with Gasteiger partial charge in [0.1, 0.15) is 5.52 Å². The normalized spacial score (nSPS) is 8.36. The van der Waals surface area contributed by atoms with Gasteiger partial charge in [0.25, 0.3) is 0 Å². The first-order valence-electron chi connectivity index (χ1n) is 5.05. The van der Waals surface area contributed by atoms with E-state index < -0.39 is 0 Å². The first kappa shape index (κ1) is 13.0. The Kier molecular flexibility index (Phi) is 6.93. The molecule has 0 saturated carbocycles. The summed E-state index contributed by atoms with van der Waals surface area (Å²) in [5.74, 6) is 0. The zero-order valence-corrected chi connectivity index (χ0v) is 10.4. The van der Waals surface area contributed by atoms with Crippen LogP contribution < -0.4 is 0 Å². The minimum atomic E-state index is 1.03. The van der Waals surface area contributed by atoms with Crippen molar-refractivity contribution in [3.8, 4) is 0 Å². The standard InChI is InChI=1S/C7H6N2S.2C2H6/c1-5-3-2-4-6-7(5)8-9-10-6;2*1-2/h2-4H,1H3;2*1-2H3. The maximum Gasteiger partial charge on any atom is 0.108 e. The molecule has 2 aromatic rings. The summed E-state index contributed by atoms with van der Waals surface area (Å²) in [4.78, 5) is 0. The van der Waals surface area contributed by atoms with Crippen LogP contribution in [0.5, 0.6) is 0 Å². The highest BCUT2D eigenvalue weighted by atomic mass is 32.1. The van der Waals surface area contributed by atoms with Crippen LogP contribution >= 0.6 is 11.5 Å². The van der Waals surface area contributed by atoms with Crippen molar-refractivity contribution in [3.63, 3.8) is 0 Å². The Morgan fingerprint density at radius 1 is 1.07 bits per heavy atom. The number of aryl methyl sites for hydroxylation is 1. The number of hydrogen-bond acceptors (Lipinski definition) is 3. The second kappa shape index (κ2) is 7.44. The predicted molar refractivity (Wildman–Crippen MR) is 64.8 cm³/mol. The number of aromatic nitrogens is 2. The molecule has 14 heavy (non-hydrogen) atoms. The summed E-state index contributed by atoms with van der Waals surface area (Å²) in [5, 5.41) is 3.99. The van der Waals surface area contributed by atoms with Gasteiger partial charge in [-0.1, -0.05) is 44.3 Å². The largest absolute Gasteiger partial charge is 0.138 e. The summed E-state index contributed by atoms with van der Waals surface area (Å²) in [6, 6.07) is 6.11. The Bertz CT molecular complexity index is 355. The third-order valence-electron chi connectivity index (χ3n) is 1.48. The van der Waals surface area contributed by atoms with Gasteiger partial charge in [0.2, 0.25) is 0 Å². The van der Waals surface area contributed by atoms with Crippen molar-refractivity contribution in [1.29, 1.82) is 0 Å². The minimum Gasteiger partial charge on any atom is -0.138 e. The van der Waals surface area contributed by atoms with Gasteiger partial charge >= 0.3 is 0 Å². The van der Waals surface area contributed by atoms with Crippen LogP contribution in [0.25, 0.3) is 10.2 Å². The lowest BCUT2D eigenvalue weighted by Crippen LogP contribution is -1.73. The van der Waals surface area contributed by atoms with Gasteiger partial charge in [0.15, 0.2) is 0 Å². The van der Waals surface area contributed by atoms with Crippen LogP contribution in [-0.4, -0.2) is 9.59 Å². The van der Waals surface area contributed by atoms with E-state index in [2.05, 4.69) is 9.59 Å². The Balaban J connectivity index is 0.000000379. The topological polar surface area (TPSA) is 25.8 Å². The van der Waals surface area contributed by atoms with E-state index in [1.54, 1.807) is 0 Å². The predicted octanol–water partition coefficient (Wildman–Crippen LogP) is 4.05. The lowest BCUT2D eigenvalue weighted by molar-refractivity contribution is 1.19. The van der Waals surface area contributed by atoms with Gasteiger partial charge in [0, 0.05) is 0 Å². The average molecular weight is 210 g/mol. The van der Waals surface area contributed by atoms with Crippen molar-refractivity contribution >= 4 is 21.7 Å². The molecule has 0 N–H and O–H groups in total. The molecule has 0 spiro atoms. The smallest absolute Gasteiger partial charge is 0.108 e. The van der Waals surface area contributed by atoms with Crippen molar-refractivity contribution in [2.24, 2.45) is 0 Å². The number of hydrogen-bond donors (Lipinski definition) is 0. The first-order valence-corrected chi connectivity index (χ1v) is 5.83. The molecule has 0 fully saturated rings. The summed E-state index contributed by atoms with van der Waals surface area (Å²) in [6.45, 7) is 10.0. The maximum atomic E-state index is 3.99. The SMILES string of the molecule is CC.CC.Cc1cccc2snnc12. The molecule has 0 saturated heterocycles. The second-order valence-corrected chi connectivity index (χ2v) is 2.98. The van der Waals surface area contributed by atoms with E-state index in [1.807, 2.05) is 52.8 Å². The first-order chi connectivity index (χ1) is 6.88. The quantitative estimate of drug-likeness (QED) is 0.655. The minimum absolute atomic E-state index is 1.03. The molecule has 0 aliphatic heterocycles. The second-order valence-electron chi connectivity index (χ2n) is 2.19. The van der Waals surface area contributed by atoms with Crippen LogP contribution in [0.1, 0.15) is 33.3 Å². The maximum absolute atomic E-state index is 3.99. The molecule has 2 nitrogen and oxygen atoms in total. The highest BCUT2D eigenvalue weighted by Crippen LogP contribution is 2.17. The third kappa shape index (κ3) is 3.07. The van der Waals surface area contributed by atoms with E-state index in [1.165, 1.54) is 21.8 Å². The average Bonchev–Trinajstić information content (AvgIpc) is 2.73. The van der Waals surface area contributed by atoms with E-state index in [4.69, 9.17) is 0 Å². The van der Waals surface area contributed by atoms with Gasteiger partial charge in [-0.2, -0.15) is 0 Å². The third-order valence-corrected chi connectivity index (χ3v) is 2.17. The van der Waals surface area contributed by atoms with Crippen molar-refractivity contribution in [3.05, 3.63) is 23.8 Å². The Labute approximate surface area is 90.1 Å². The van der Waals surface area contributed by atoms with Crippen LogP contribution in [-0.2, 0) is 0 Å². The van der Waals surface area contributed by atoms with Gasteiger partial charge in [-0.25, -0.2) is 0 Å². The van der Waals surface area contributed by atoms with Crippen LogP contribution in [0.2, 0.25) is 0 Å². The highest BCUT2D eigenvalue weighted by Gasteiger charge is 1.97. The molecule has 1 aromatic heterocycles. The van der Waals surface area contributed by atoms with Crippen molar-refractivity contribution in [1.82, 2.24) is 9.59 Å². The molecule has 2 rings (SSSR count). The fraction of sp³-hybridized carbons (Fsp3) is 0.455. The zero-order chi connectivity index (χ0) is 11.0. The number of nitrogens with zero attached hydrogens (tertiary/aromatic N) is 2. The summed E-state index contributed by atoms with van der Waals surface area (Å²) in [7, 11) is 0. The molecule has 0 amide bonds. The van der Waals surface area contributed by atoms with Crippen LogP contribution in [0.3, 0.4) is 0 Å². The molecule has 1 aromatic carbocycles. The summed E-state index contributed by atoms with van der Waals surface area (Å²) in [5.41, 5.74) is 2.23. The molecule has 0 unspecified atom stereocenters. The van der Waals surface area contributed by atoms with Gasteiger partial charge in [0.05, 0.1) is 4.70 Å². The van der Waals surface area contributed by atoms with Gasteiger partial charge in [-0.15, -0.1) is 5.10 Å². The fourth-order valence-electron chi connectivity index (χ4n) is 0.939. The molecule has 0 aliphatic carbocycles. The number of benzene rings is 1. The summed E-state index contributed by atoms with van der Waals surface area (Å²) >= 11 is 1.44. The van der Waals surface area contributed by atoms with E-state index in [0.717, 1.165) is 5.52 Å². The Hall–Kier alpha value is -0.960. The number of fused-ring (bicyclic) bond motifs is 1. The molecule has 0 aliphatic rings. The number of rotatable bonds is 0. The highest BCUT2D eigenvalue weighted by molar-refractivity contribution is 7.12. The summed E-state index contributed by atoms with van der Waals surface area (Å²) < 4.78 is 5.02. The molecule has 0 atom stereocenters. The monoisotopic (exact) mass is 210 g/mol. The van der Waals surface area contributed by atoms with E-state index in [-0.39, 0.29) is 0 Å². The van der Waals surface area contributed by atoms with E-state index in [0.29, 0.717) is 0 Å². The molecule has 78 valence electrons. The fourth-order valence-corrected chi connectivity index (χ4v) is 1.58.